The van der Waals surface area contributed by atoms with Crippen LogP contribution in [0.3, 0.4) is 0 Å². The maximum atomic E-state index is 12.6. The first-order chi connectivity index (χ1) is 9.23. The van der Waals surface area contributed by atoms with E-state index >= 15 is 0 Å². The predicted octanol–water partition coefficient (Wildman–Crippen LogP) is 1.99. The molecule has 2 rings (SSSR count). The van der Waals surface area contributed by atoms with E-state index in [1.165, 1.54) is 11.8 Å². The van der Waals surface area contributed by atoms with Crippen LogP contribution in [-0.2, 0) is 9.59 Å². The second-order valence-electron chi connectivity index (χ2n) is 5.75. The normalized spacial score (nSPS) is 24.7. The van der Waals surface area contributed by atoms with Crippen molar-refractivity contribution in [2.75, 3.05) is 6.54 Å². The molecule has 0 aromatic rings. The van der Waals surface area contributed by atoms with Crippen LogP contribution in [0.25, 0.3) is 0 Å². The number of amides is 2. The van der Waals surface area contributed by atoms with Gasteiger partial charge in [-0.2, -0.15) is 13.2 Å². The molecular weight excluding hydrogens is 273 g/mol. The third-order valence-corrected chi connectivity index (χ3v) is 4.14. The third-order valence-electron chi connectivity index (χ3n) is 4.14. The van der Waals surface area contributed by atoms with E-state index in [9.17, 15) is 22.8 Å². The Balaban J connectivity index is 2.19. The molecule has 7 heteroatoms. The molecule has 4 nitrogen and oxygen atoms in total. The SMILES string of the molecule is CC(CC(F)(F)F)N1CCC(=O)NC2(CCCC2)C1=O. The highest BCUT2D eigenvalue weighted by molar-refractivity contribution is 5.94. The van der Waals surface area contributed by atoms with Crippen LogP contribution in [0.15, 0.2) is 0 Å². The minimum atomic E-state index is -4.31. The van der Waals surface area contributed by atoms with E-state index in [4.69, 9.17) is 0 Å². The molecule has 1 aliphatic heterocycles. The molecule has 1 saturated heterocycles. The Kier molecular flexibility index (Phi) is 3.97. The van der Waals surface area contributed by atoms with E-state index in [1.54, 1.807) is 0 Å². The van der Waals surface area contributed by atoms with Crippen molar-refractivity contribution in [3.63, 3.8) is 0 Å². The molecular formula is C13H19F3N2O2. The fourth-order valence-corrected chi connectivity index (χ4v) is 3.16. The summed E-state index contributed by atoms with van der Waals surface area (Å²) in [7, 11) is 0. The number of rotatable bonds is 2. The van der Waals surface area contributed by atoms with Crippen LogP contribution in [0.4, 0.5) is 13.2 Å². The van der Waals surface area contributed by atoms with E-state index in [1.807, 2.05) is 0 Å². The average Bonchev–Trinajstić information content (AvgIpc) is 2.71. The lowest BCUT2D eigenvalue weighted by Crippen LogP contribution is -2.57. The number of carbonyl (C=O) groups is 2. The Labute approximate surface area is 115 Å². The standard InChI is InChI=1S/C13H19F3N2O2/c1-9(8-13(14,15)16)18-7-4-10(19)17-12(11(18)20)5-2-3-6-12/h9H,2-8H2,1H3,(H,17,19). The zero-order chi connectivity index (χ0) is 15.0. The van der Waals surface area contributed by atoms with Crippen LogP contribution in [0.2, 0.25) is 0 Å². The summed E-state index contributed by atoms with van der Waals surface area (Å²) >= 11 is 0. The Hall–Kier alpha value is -1.27. The van der Waals surface area contributed by atoms with E-state index in [-0.39, 0.29) is 24.8 Å². The van der Waals surface area contributed by atoms with Crippen LogP contribution in [0.5, 0.6) is 0 Å². The van der Waals surface area contributed by atoms with Crippen molar-refractivity contribution >= 4 is 11.8 Å². The molecule has 1 aliphatic carbocycles. The number of nitrogens with one attached hydrogen (secondary N) is 1. The summed E-state index contributed by atoms with van der Waals surface area (Å²) in [5.41, 5.74) is -0.965. The number of halogens is 3. The van der Waals surface area contributed by atoms with Crippen LogP contribution in [-0.4, -0.2) is 41.0 Å². The lowest BCUT2D eigenvalue weighted by Gasteiger charge is -2.35. The van der Waals surface area contributed by atoms with Gasteiger partial charge < -0.3 is 10.2 Å². The Morgan fingerprint density at radius 3 is 2.45 bits per heavy atom. The number of hydrogen-bond donors (Lipinski definition) is 1. The average molecular weight is 292 g/mol. The second-order valence-corrected chi connectivity index (χ2v) is 5.75. The molecule has 2 fully saturated rings. The lowest BCUT2D eigenvalue weighted by atomic mass is 9.95. The Morgan fingerprint density at radius 2 is 1.90 bits per heavy atom. The van der Waals surface area contributed by atoms with Crippen molar-refractivity contribution in [3.8, 4) is 0 Å². The van der Waals surface area contributed by atoms with Crippen molar-refractivity contribution < 1.29 is 22.8 Å². The van der Waals surface area contributed by atoms with Gasteiger partial charge in [0.1, 0.15) is 5.54 Å². The molecule has 20 heavy (non-hydrogen) atoms. The fourth-order valence-electron chi connectivity index (χ4n) is 3.16. The van der Waals surface area contributed by atoms with Crippen LogP contribution in [0.1, 0.15) is 45.4 Å². The predicted molar refractivity (Wildman–Crippen MR) is 65.8 cm³/mol. The molecule has 0 radical (unpaired) electrons. The number of nitrogens with zero attached hydrogens (tertiary/aromatic N) is 1. The lowest BCUT2D eigenvalue weighted by molar-refractivity contribution is -0.156. The molecule has 114 valence electrons. The minimum Gasteiger partial charge on any atom is -0.342 e. The highest BCUT2D eigenvalue weighted by Crippen LogP contribution is 2.34. The van der Waals surface area contributed by atoms with Gasteiger partial charge in [-0.15, -0.1) is 0 Å². The maximum absolute atomic E-state index is 12.6. The van der Waals surface area contributed by atoms with Crippen molar-refractivity contribution in [3.05, 3.63) is 0 Å². The fraction of sp³-hybridized carbons (Fsp3) is 0.846. The van der Waals surface area contributed by atoms with Gasteiger partial charge in [-0.1, -0.05) is 12.8 Å². The van der Waals surface area contributed by atoms with Gasteiger partial charge >= 0.3 is 6.18 Å². The van der Waals surface area contributed by atoms with Crippen LogP contribution < -0.4 is 5.32 Å². The highest BCUT2D eigenvalue weighted by atomic mass is 19.4. The molecule has 0 aromatic carbocycles. The second kappa shape index (κ2) is 5.26. The highest BCUT2D eigenvalue weighted by Gasteiger charge is 2.48. The van der Waals surface area contributed by atoms with E-state index < -0.39 is 24.2 Å². The van der Waals surface area contributed by atoms with Crippen LogP contribution in [0, 0.1) is 0 Å². The van der Waals surface area contributed by atoms with E-state index in [0.29, 0.717) is 12.8 Å². The summed E-state index contributed by atoms with van der Waals surface area (Å²) in [6.07, 6.45) is -2.62. The minimum absolute atomic E-state index is 0.0592. The van der Waals surface area contributed by atoms with E-state index in [2.05, 4.69) is 5.32 Å². The largest absolute Gasteiger partial charge is 0.391 e. The number of hydrogen-bond acceptors (Lipinski definition) is 2. The summed E-state index contributed by atoms with van der Waals surface area (Å²) in [6, 6.07) is -0.937. The summed E-state index contributed by atoms with van der Waals surface area (Å²) in [4.78, 5) is 25.6. The molecule has 2 aliphatic rings. The summed E-state index contributed by atoms with van der Waals surface area (Å²) in [6.45, 7) is 1.45. The number of alkyl halides is 3. The van der Waals surface area contributed by atoms with Gasteiger partial charge in [-0.3, -0.25) is 9.59 Å². The summed E-state index contributed by atoms with van der Waals surface area (Å²) in [5.74, 6) is -0.598. The van der Waals surface area contributed by atoms with E-state index in [0.717, 1.165) is 12.8 Å². The zero-order valence-electron chi connectivity index (χ0n) is 11.4. The third kappa shape index (κ3) is 3.07. The van der Waals surface area contributed by atoms with Gasteiger partial charge in [-0.05, 0) is 19.8 Å². The monoisotopic (exact) mass is 292 g/mol. The molecule has 2 amide bonds. The van der Waals surface area contributed by atoms with Gasteiger partial charge in [0, 0.05) is 19.0 Å². The Morgan fingerprint density at radius 1 is 1.30 bits per heavy atom. The molecule has 1 unspecified atom stereocenters. The first kappa shape index (κ1) is 15.1. The Bertz CT molecular complexity index is 403. The molecule has 1 atom stereocenters. The molecule has 1 spiro atoms. The van der Waals surface area contributed by atoms with Crippen molar-refractivity contribution in [2.24, 2.45) is 0 Å². The van der Waals surface area contributed by atoms with Crippen molar-refractivity contribution in [2.45, 2.75) is 63.2 Å². The first-order valence-electron chi connectivity index (χ1n) is 6.92. The quantitative estimate of drug-likeness (QED) is 0.846. The van der Waals surface area contributed by atoms with Crippen molar-refractivity contribution in [1.29, 1.82) is 0 Å². The summed E-state index contributed by atoms with van der Waals surface area (Å²) in [5, 5.41) is 2.74. The van der Waals surface area contributed by atoms with Gasteiger partial charge in [0.05, 0.1) is 6.42 Å². The topological polar surface area (TPSA) is 49.4 Å². The molecule has 1 saturated carbocycles. The zero-order valence-corrected chi connectivity index (χ0v) is 11.4. The molecule has 1 heterocycles. The number of carbonyl (C=O) groups excluding carboxylic acids is 2. The van der Waals surface area contributed by atoms with Gasteiger partial charge in [0.15, 0.2) is 0 Å². The van der Waals surface area contributed by atoms with Crippen LogP contribution >= 0.6 is 0 Å². The molecule has 0 aromatic heterocycles. The first-order valence-corrected chi connectivity index (χ1v) is 6.92. The van der Waals surface area contributed by atoms with Gasteiger partial charge in [0.2, 0.25) is 11.8 Å². The summed E-state index contributed by atoms with van der Waals surface area (Å²) < 4.78 is 37.5. The van der Waals surface area contributed by atoms with Crippen molar-refractivity contribution in [1.82, 2.24) is 10.2 Å². The van der Waals surface area contributed by atoms with Gasteiger partial charge in [-0.25, -0.2) is 0 Å². The maximum Gasteiger partial charge on any atom is 0.391 e. The van der Waals surface area contributed by atoms with Gasteiger partial charge in [0.25, 0.3) is 0 Å². The smallest absolute Gasteiger partial charge is 0.342 e. The molecule has 0 bridgehead atoms. The molecule has 1 N–H and O–H groups in total.